The first-order valence-electron chi connectivity index (χ1n) is 6.02. The lowest BCUT2D eigenvalue weighted by atomic mass is 10.2. The first kappa shape index (κ1) is 15.2. The van der Waals surface area contributed by atoms with Gasteiger partial charge in [0.1, 0.15) is 0 Å². The molecular weight excluding hydrogens is 306 g/mol. The number of halogens is 1. The minimum atomic E-state index is -3.67. The van der Waals surface area contributed by atoms with Crippen molar-refractivity contribution in [2.24, 2.45) is 0 Å². The summed E-state index contributed by atoms with van der Waals surface area (Å²) in [6.45, 7) is 0.0403. The number of rotatable bonds is 5. The fourth-order valence-electron chi connectivity index (χ4n) is 1.96. The molecule has 2 unspecified atom stereocenters. The second kappa shape index (κ2) is 6.09. The Morgan fingerprint density at radius 3 is 2.80 bits per heavy atom. The van der Waals surface area contributed by atoms with Crippen molar-refractivity contribution in [3.05, 3.63) is 29.3 Å². The van der Waals surface area contributed by atoms with Crippen molar-refractivity contribution in [3.63, 3.8) is 0 Å². The van der Waals surface area contributed by atoms with Crippen LogP contribution in [0.1, 0.15) is 12.8 Å². The summed E-state index contributed by atoms with van der Waals surface area (Å²) in [5.41, 5.74) is 0. The van der Waals surface area contributed by atoms with Crippen LogP contribution >= 0.6 is 11.6 Å². The van der Waals surface area contributed by atoms with Gasteiger partial charge in [-0.25, -0.2) is 17.9 Å². The summed E-state index contributed by atoms with van der Waals surface area (Å²) in [7, 11) is -3.67. The van der Waals surface area contributed by atoms with Crippen LogP contribution in [0.5, 0.6) is 0 Å². The number of carboxylic acids is 1. The number of hydrogen-bond donors (Lipinski definition) is 2. The largest absolute Gasteiger partial charge is 0.479 e. The van der Waals surface area contributed by atoms with Crippen molar-refractivity contribution in [1.29, 1.82) is 0 Å². The molecule has 6 nitrogen and oxygen atoms in total. The van der Waals surface area contributed by atoms with Crippen molar-refractivity contribution in [3.8, 4) is 0 Å². The molecule has 1 saturated heterocycles. The summed E-state index contributed by atoms with van der Waals surface area (Å²) >= 11 is 5.75. The van der Waals surface area contributed by atoms with Crippen LogP contribution in [-0.4, -0.2) is 38.2 Å². The van der Waals surface area contributed by atoms with Gasteiger partial charge in [0.2, 0.25) is 10.0 Å². The van der Waals surface area contributed by atoms with E-state index in [1.54, 1.807) is 12.1 Å². The molecular formula is C12H14ClNO5S. The lowest BCUT2D eigenvalue weighted by Crippen LogP contribution is -2.33. The molecule has 0 aromatic heterocycles. The zero-order valence-corrected chi connectivity index (χ0v) is 12.0. The molecule has 0 aliphatic carbocycles. The van der Waals surface area contributed by atoms with Gasteiger partial charge in [0.25, 0.3) is 0 Å². The smallest absolute Gasteiger partial charge is 0.332 e. The molecule has 1 heterocycles. The van der Waals surface area contributed by atoms with Crippen LogP contribution in [0.15, 0.2) is 29.2 Å². The molecule has 20 heavy (non-hydrogen) atoms. The van der Waals surface area contributed by atoms with Gasteiger partial charge in [-0.3, -0.25) is 0 Å². The molecule has 1 aromatic carbocycles. The number of benzene rings is 1. The highest BCUT2D eigenvalue weighted by atomic mass is 35.5. The lowest BCUT2D eigenvalue weighted by Gasteiger charge is -2.12. The van der Waals surface area contributed by atoms with Crippen LogP contribution in [0.3, 0.4) is 0 Å². The first-order chi connectivity index (χ1) is 9.38. The number of ether oxygens (including phenoxy) is 1. The Morgan fingerprint density at radius 2 is 2.20 bits per heavy atom. The number of hydrogen-bond acceptors (Lipinski definition) is 4. The normalized spacial score (nSPS) is 22.9. The molecule has 1 fully saturated rings. The SMILES string of the molecule is O=C(O)C1CCC(CNS(=O)(=O)c2cccc(Cl)c2)O1. The molecule has 1 aliphatic rings. The van der Waals surface area contributed by atoms with Crippen molar-refractivity contribution in [2.45, 2.75) is 29.9 Å². The Kier molecular flexibility index (Phi) is 4.64. The van der Waals surface area contributed by atoms with Crippen LogP contribution in [0.25, 0.3) is 0 Å². The third-order valence-corrected chi connectivity index (χ3v) is 4.65. The molecule has 1 aromatic rings. The van der Waals surface area contributed by atoms with E-state index in [0.717, 1.165) is 0 Å². The molecule has 0 radical (unpaired) electrons. The summed E-state index contributed by atoms with van der Waals surface area (Å²) in [6.07, 6.45) is -0.380. The molecule has 1 aliphatic heterocycles. The van der Waals surface area contributed by atoms with E-state index in [1.165, 1.54) is 12.1 Å². The zero-order valence-electron chi connectivity index (χ0n) is 10.5. The van der Waals surface area contributed by atoms with E-state index in [2.05, 4.69) is 4.72 Å². The van der Waals surface area contributed by atoms with E-state index in [0.29, 0.717) is 17.9 Å². The van der Waals surface area contributed by atoms with Crippen LogP contribution in [0, 0.1) is 0 Å². The van der Waals surface area contributed by atoms with E-state index in [9.17, 15) is 13.2 Å². The van der Waals surface area contributed by atoms with E-state index in [4.69, 9.17) is 21.4 Å². The Balaban J connectivity index is 1.95. The van der Waals surface area contributed by atoms with E-state index < -0.39 is 28.2 Å². The maximum atomic E-state index is 12.0. The van der Waals surface area contributed by atoms with Gasteiger partial charge >= 0.3 is 5.97 Å². The van der Waals surface area contributed by atoms with Gasteiger partial charge in [-0.15, -0.1) is 0 Å². The number of aliphatic carboxylic acids is 1. The summed E-state index contributed by atoms with van der Waals surface area (Å²) in [5, 5.41) is 9.12. The van der Waals surface area contributed by atoms with Crippen LogP contribution in [-0.2, 0) is 19.6 Å². The van der Waals surface area contributed by atoms with Crippen LogP contribution < -0.4 is 4.72 Å². The molecule has 0 amide bonds. The third-order valence-electron chi connectivity index (χ3n) is 2.99. The quantitative estimate of drug-likeness (QED) is 0.852. The number of sulfonamides is 1. The second-order valence-electron chi connectivity index (χ2n) is 4.47. The average Bonchev–Trinajstić information content (AvgIpc) is 2.85. The molecule has 0 bridgehead atoms. The van der Waals surface area contributed by atoms with Gasteiger partial charge < -0.3 is 9.84 Å². The molecule has 8 heteroatoms. The van der Waals surface area contributed by atoms with E-state index in [-0.39, 0.29) is 11.4 Å². The predicted octanol–water partition coefficient (Wildman–Crippen LogP) is 1.25. The van der Waals surface area contributed by atoms with Gasteiger partial charge in [0, 0.05) is 11.6 Å². The van der Waals surface area contributed by atoms with Crippen LogP contribution in [0.4, 0.5) is 0 Å². The summed E-state index contributed by atoms with van der Waals surface area (Å²) in [5.74, 6) is -1.02. The lowest BCUT2D eigenvalue weighted by molar-refractivity contribution is -0.149. The molecule has 110 valence electrons. The number of carbonyl (C=O) groups is 1. The Labute approximate surface area is 121 Å². The molecule has 2 N–H and O–H groups in total. The van der Waals surface area contributed by atoms with Gasteiger partial charge in [-0.1, -0.05) is 17.7 Å². The molecule has 0 saturated carbocycles. The van der Waals surface area contributed by atoms with Crippen molar-refractivity contribution in [1.82, 2.24) is 4.72 Å². The predicted molar refractivity (Wildman–Crippen MR) is 72.2 cm³/mol. The fraction of sp³-hybridized carbons (Fsp3) is 0.417. The highest BCUT2D eigenvalue weighted by Gasteiger charge is 2.31. The fourth-order valence-corrected chi connectivity index (χ4v) is 3.32. The minimum Gasteiger partial charge on any atom is -0.479 e. The summed E-state index contributed by atoms with van der Waals surface area (Å²) in [6, 6.07) is 5.91. The van der Waals surface area contributed by atoms with Crippen molar-refractivity contribution >= 4 is 27.6 Å². The maximum Gasteiger partial charge on any atom is 0.332 e. The first-order valence-corrected chi connectivity index (χ1v) is 7.88. The van der Waals surface area contributed by atoms with E-state index >= 15 is 0 Å². The molecule has 2 rings (SSSR count). The Hall–Kier alpha value is -1.15. The van der Waals surface area contributed by atoms with Gasteiger partial charge in [0.15, 0.2) is 6.10 Å². The number of nitrogens with one attached hydrogen (secondary N) is 1. The summed E-state index contributed by atoms with van der Waals surface area (Å²) in [4.78, 5) is 10.8. The van der Waals surface area contributed by atoms with Crippen molar-refractivity contribution < 1.29 is 23.1 Å². The molecule has 0 spiro atoms. The van der Waals surface area contributed by atoms with Crippen molar-refractivity contribution in [2.75, 3.05) is 6.54 Å². The topological polar surface area (TPSA) is 92.7 Å². The van der Waals surface area contributed by atoms with E-state index in [1.807, 2.05) is 0 Å². The maximum absolute atomic E-state index is 12.0. The van der Waals surface area contributed by atoms with Gasteiger partial charge in [-0.05, 0) is 31.0 Å². The Morgan fingerprint density at radius 1 is 1.45 bits per heavy atom. The zero-order chi connectivity index (χ0) is 14.8. The second-order valence-corrected chi connectivity index (χ2v) is 6.67. The van der Waals surface area contributed by atoms with Crippen LogP contribution in [0.2, 0.25) is 5.02 Å². The number of carboxylic acid groups (broad SMARTS) is 1. The van der Waals surface area contributed by atoms with Gasteiger partial charge in [-0.2, -0.15) is 0 Å². The molecule has 2 atom stereocenters. The standard InChI is InChI=1S/C12H14ClNO5S/c13-8-2-1-3-10(6-8)20(17,18)14-7-9-4-5-11(19-9)12(15)16/h1-3,6,9,11,14H,4-5,7H2,(H,15,16). The minimum absolute atomic E-state index is 0.0403. The van der Waals surface area contributed by atoms with Gasteiger partial charge in [0.05, 0.1) is 11.0 Å². The highest BCUT2D eigenvalue weighted by molar-refractivity contribution is 7.89. The average molecular weight is 320 g/mol. The third kappa shape index (κ3) is 3.69. The summed E-state index contributed by atoms with van der Waals surface area (Å²) < 4.78 is 31.7. The monoisotopic (exact) mass is 319 g/mol. The Bertz CT molecular complexity index is 604. The highest BCUT2D eigenvalue weighted by Crippen LogP contribution is 2.20.